The van der Waals surface area contributed by atoms with Gasteiger partial charge in [0.1, 0.15) is 0 Å². The predicted octanol–water partition coefficient (Wildman–Crippen LogP) is -0.244. The Kier molecular flexibility index (Phi) is 4.60. The van der Waals surface area contributed by atoms with E-state index in [2.05, 4.69) is 15.6 Å². The first-order chi connectivity index (χ1) is 10.7. The number of benzene rings is 1. The van der Waals surface area contributed by atoms with Crippen LogP contribution in [0, 0.1) is 0 Å². The van der Waals surface area contributed by atoms with Gasteiger partial charge in [0.15, 0.2) is 5.96 Å². The summed E-state index contributed by atoms with van der Waals surface area (Å²) in [6.45, 7) is 3.68. The Balaban J connectivity index is 1.80. The monoisotopic (exact) mass is 324 g/mol. The fraction of sp³-hybridized carbons (Fsp3) is 0.500. The maximum Gasteiger partial charge on any atom is 0.243 e. The zero-order chi connectivity index (χ0) is 15.4. The zero-order valence-electron chi connectivity index (χ0n) is 12.3. The van der Waals surface area contributed by atoms with Gasteiger partial charge in [0, 0.05) is 26.2 Å². The maximum absolute atomic E-state index is 12.8. The summed E-state index contributed by atoms with van der Waals surface area (Å²) in [6, 6.07) is 7.09. The molecule has 0 amide bonds. The predicted molar refractivity (Wildman–Crippen MR) is 83.2 cm³/mol. The van der Waals surface area contributed by atoms with Crippen molar-refractivity contribution in [2.24, 2.45) is 4.99 Å². The van der Waals surface area contributed by atoms with Gasteiger partial charge in [-0.15, -0.1) is 0 Å². The highest BCUT2D eigenvalue weighted by atomic mass is 32.2. The third-order valence-corrected chi connectivity index (χ3v) is 5.68. The molecule has 1 fully saturated rings. The molecule has 1 saturated heterocycles. The van der Waals surface area contributed by atoms with Crippen molar-refractivity contribution in [1.29, 1.82) is 0 Å². The summed E-state index contributed by atoms with van der Waals surface area (Å²) in [5.74, 6) is 0.721. The second-order valence-corrected chi connectivity index (χ2v) is 7.04. The number of sulfonamides is 1. The van der Waals surface area contributed by atoms with Crippen molar-refractivity contribution in [2.45, 2.75) is 11.4 Å². The summed E-state index contributed by atoms with van der Waals surface area (Å²) in [6.07, 6.45) is 0. The van der Waals surface area contributed by atoms with Gasteiger partial charge in [-0.2, -0.15) is 4.31 Å². The topological polar surface area (TPSA) is 83.0 Å². The molecule has 3 rings (SSSR count). The van der Waals surface area contributed by atoms with Crippen LogP contribution in [0.15, 0.2) is 34.2 Å². The van der Waals surface area contributed by atoms with Crippen LogP contribution in [-0.4, -0.2) is 58.1 Å². The van der Waals surface area contributed by atoms with E-state index in [-0.39, 0.29) is 0 Å². The molecular formula is C14H20N4O3S. The first-order valence-electron chi connectivity index (χ1n) is 7.36. The number of rotatable bonds is 4. The van der Waals surface area contributed by atoms with Crippen LogP contribution < -0.4 is 10.6 Å². The van der Waals surface area contributed by atoms with Crippen LogP contribution >= 0.6 is 0 Å². The van der Waals surface area contributed by atoms with Crippen LogP contribution in [-0.2, 0) is 21.3 Å². The molecule has 7 nitrogen and oxygen atoms in total. The quantitative estimate of drug-likeness (QED) is 0.798. The molecule has 0 saturated carbocycles. The number of hydrogen-bond acceptors (Lipinski definition) is 6. The number of nitrogens with zero attached hydrogens (tertiary/aromatic N) is 2. The molecule has 22 heavy (non-hydrogen) atoms. The van der Waals surface area contributed by atoms with Crippen LogP contribution in [0.3, 0.4) is 0 Å². The fourth-order valence-electron chi connectivity index (χ4n) is 2.52. The summed E-state index contributed by atoms with van der Waals surface area (Å²) < 4.78 is 32.3. The lowest BCUT2D eigenvalue weighted by atomic mass is 10.2. The second kappa shape index (κ2) is 6.64. The van der Waals surface area contributed by atoms with Gasteiger partial charge in [0.05, 0.1) is 24.7 Å². The first-order valence-corrected chi connectivity index (χ1v) is 8.80. The van der Waals surface area contributed by atoms with Crippen LogP contribution in [0.25, 0.3) is 0 Å². The smallest absolute Gasteiger partial charge is 0.243 e. The Labute approximate surface area is 130 Å². The van der Waals surface area contributed by atoms with Crippen molar-refractivity contribution < 1.29 is 13.2 Å². The summed E-state index contributed by atoms with van der Waals surface area (Å²) >= 11 is 0. The number of aliphatic imine (C=N–C) groups is 1. The van der Waals surface area contributed by atoms with Gasteiger partial charge in [0.25, 0.3) is 0 Å². The lowest BCUT2D eigenvalue weighted by Gasteiger charge is -2.27. The molecule has 2 aliphatic heterocycles. The van der Waals surface area contributed by atoms with Crippen molar-refractivity contribution in [2.75, 3.05) is 39.4 Å². The van der Waals surface area contributed by atoms with Crippen LogP contribution in [0.5, 0.6) is 0 Å². The molecule has 0 atom stereocenters. The Morgan fingerprint density at radius 1 is 1.27 bits per heavy atom. The lowest BCUT2D eigenvalue weighted by molar-refractivity contribution is 0.0730. The zero-order valence-corrected chi connectivity index (χ0v) is 13.1. The molecule has 0 radical (unpaired) electrons. The van der Waals surface area contributed by atoms with Crippen LogP contribution in [0.2, 0.25) is 0 Å². The maximum atomic E-state index is 12.8. The third-order valence-electron chi connectivity index (χ3n) is 3.68. The Bertz CT molecular complexity index is 654. The number of morpholine rings is 1. The molecule has 0 unspecified atom stereocenters. The van der Waals surface area contributed by atoms with E-state index in [1.807, 2.05) is 12.1 Å². The van der Waals surface area contributed by atoms with Gasteiger partial charge >= 0.3 is 0 Å². The lowest BCUT2D eigenvalue weighted by Crippen LogP contribution is -2.41. The van der Waals surface area contributed by atoms with Gasteiger partial charge < -0.3 is 15.4 Å². The Morgan fingerprint density at radius 2 is 2.05 bits per heavy atom. The third kappa shape index (κ3) is 3.23. The van der Waals surface area contributed by atoms with E-state index in [1.54, 1.807) is 12.1 Å². The molecule has 1 aromatic carbocycles. The minimum Gasteiger partial charge on any atom is -0.379 e. The second-order valence-electron chi connectivity index (χ2n) is 5.13. The van der Waals surface area contributed by atoms with Crippen molar-refractivity contribution in [3.63, 3.8) is 0 Å². The van der Waals surface area contributed by atoms with Crippen molar-refractivity contribution in [1.82, 2.24) is 14.9 Å². The van der Waals surface area contributed by atoms with E-state index in [0.29, 0.717) is 37.7 Å². The SMILES string of the molecule is O=S(=O)(c1ccccc1CNC1=NCCN1)N1CCOCC1. The molecule has 8 heteroatoms. The molecule has 0 spiro atoms. The standard InChI is InChI=1S/C14H20N4O3S/c19-22(20,18-7-9-21-10-8-18)13-4-2-1-3-12(13)11-17-14-15-5-6-16-14/h1-4H,5-11H2,(H2,15,16,17). The summed E-state index contributed by atoms with van der Waals surface area (Å²) in [5, 5.41) is 6.26. The van der Waals surface area contributed by atoms with E-state index < -0.39 is 10.0 Å². The van der Waals surface area contributed by atoms with E-state index in [9.17, 15) is 8.42 Å². The normalized spacial score (nSPS) is 19.5. The highest BCUT2D eigenvalue weighted by molar-refractivity contribution is 7.89. The molecular weight excluding hydrogens is 304 g/mol. The highest BCUT2D eigenvalue weighted by Gasteiger charge is 2.28. The fourth-order valence-corrected chi connectivity index (χ4v) is 4.15. The summed E-state index contributed by atoms with van der Waals surface area (Å²) in [5.41, 5.74) is 0.741. The van der Waals surface area contributed by atoms with Crippen molar-refractivity contribution in [3.8, 4) is 0 Å². The number of nitrogens with one attached hydrogen (secondary N) is 2. The minimum atomic E-state index is -3.49. The Hall–Kier alpha value is -1.64. The van der Waals surface area contributed by atoms with Crippen LogP contribution in [0.1, 0.15) is 5.56 Å². The Morgan fingerprint density at radius 3 is 2.77 bits per heavy atom. The average Bonchev–Trinajstić information content (AvgIpc) is 3.07. The van der Waals surface area contributed by atoms with Gasteiger partial charge in [-0.25, -0.2) is 8.42 Å². The van der Waals surface area contributed by atoms with Gasteiger partial charge in [-0.05, 0) is 11.6 Å². The van der Waals surface area contributed by atoms with Gasteiger partial charge in [0.2, 0.25) is 10.0 Å². The number of hydrogen-bond donors (Lipinski definition) is 2. The first kappa shape index (κ1) is 15.3. The average molecular weight is 324 g/mol. The number of guanidine groups is 1. The summed E-state index contributed by atoms with van der Waals surface area (Å²) in [7, 11) is -3.49. The minimum absolute atomic E-state index is 0.350. The molecule has 2 heterocycles. The van der Waals surface area contributed by atoms with E-state index >= 15 is 0 Å². The van der Waals surface area contributed by atoms with Gasteiger partial charge in [-0.3, -0.25) is 4.99 Å². The van der Waals surface area contributed by atoms with E-state index in [1.165, 1.54) is 4.31 Å². The molecule has 2 N–H and O–H groups in total. The van der Waals surface area contributed by atoms with Crippen LogP contribution in [0.4, 0.5) is 0 Å². The summed E-state index contributed by atoms with van der Waals surface area (Å²) in [4.78, 5) is 4.60. The number of ether oxygens (including phenoxy) is 1. The molecule has 0 bridgehead atoms. The largest absolute Gasteiger partial charge is 0.379 e. The van der Waals surface area contributed by atoms with E-state index in [4.69, 9.17) is 4.74 Å². The molecule has 2 aliphatic rings. The highest BCUT2D eigenvalue weighted by Crippen LogP contribution is 2.21. The molecule has 120 valence electrons. The van der Waals surface area contributed by atoms with Crippen molar-refractivity contribution >= 4 is 16.0 Å². The molecule has 0 aromatic heterocycles. The van der Waals surface area contributed by atoms with Crippen molar-refractivity contribution in [3.05, 3.63) is 29.8 Å². The molecule has 1 aromatic rings. The van der Waals surface area contributed by atoms with E-state index in [0.717, 1.165) is 24.6 Å². The van der Waals surface area contributed by atoms with Gasteiger partial charge in [-0.1, -0.05) is 18.2 Å². The molecule has 0 aliphatic carbocycles.